The molecule has 0 N–H and O–H groups in total. The maximum atomic E-state index is 11.8. The van der Waals surface area contributed by atoms with Crippen LogP contribution in [0.5, 0.6) is 0 Å². The van der Waals surface area contributed by atoms with Gasteiger partial charge in [-0.2, -0.15) is 0 Å². The van der Waals surface area contributed by atoms with Crippen LogP contribution in [0, 0.1) is 0 Å². The van der Waals surface area contributed by atoms with Gasteiger partial charge in [0.15, 0.2) is 0 Å². The van der Waals surface area contributed by atoms with Crippen molar-refractivity contribution in [2.75, 3.05) is 0 Å². The molecule has 2 heteroatoms. The Balaban J connectivity index is 1.69. The summed E-state index contributed by atoms with van der Waals surface area (Å²) in [7, 11) is 0. The lowest BCUT2D eigenvalue weighted by Crippen LogP contribution is -2.04. The minimum Gasteiger partial charge on any atom is -0.461 e. The molecular formula is C33H58O2. The van der Waals surface area contributed by atoms with Gasteiger partial charge in [0.05, 0.1) is 0 Å². The fourth-order valence-electron chi connectivity index (χ4n) is 4.87. The number of carbonyl (C=O) groups is 1. The van der Waals surface area contributed by atoms with Crippen molar-refractivity contribution < 1.29 is 9.53 Å². The maximum Gasteiger partial charge on any atom is 0.306 e. The van der Waals surface area contributed by atoms with Crippen molar-refractivity contribution in [3.63, 3.8) is 0 Å². The standard InChI is InChI=1S/C33H58O2/c1-2-3-4-5-6-7-8-9-10-11-12-13-14-15-16-17-18-19-20-21-22-23-27-30-33(34)35-31-32-28-25-24-26-29-32/h24-26,28-29H,2-23,27,30-31H2,1H3. The summed E-state index contributed by atoms with van der Waals surface area (Å²) in [6, 6.07) is 9.92. The van der Waals surface area contributed by atoms with Gasteiger partial charge in [-0.1, -0.05) is 179 Å². The van der Waals surface area contributed by atoms with Crippen LogP contribution < -0.4 is 0 Å². The van der Waals surface area contributed by atoms with Crippen LogP contribution >= 0.6 is 0 Å². The summed E-state index contributed by atoms with van der Waals surface area (Å²) in [6.07, 6.45) is 32.6. The number of ether oxygens (including phenoxy) is 1. The molecule has 0 heterocycles. The Bertz CT molecular complexity index is 553. The number of esters is 1. The second kappa shape index (κ2) is 25.8. The number of benzene rings is 1. The van der Waals surface area contributed by atoms with Crippen molar-refractivity contribution in [3.8, 4) is 0 Å². The first-order chi connectivity index (χ1) is 17.3. The topological polar surface area (TPSA) is 26.3 Å². The zero-order chi connectivity index (χ0) is 25.1. The third-order valence-electron chi connectivity index (χ3n) is 7.23. The molecule has 0 saturated carbocycles. The molecule has 35 heavy (non-hydrogen) atoms. The SMILES string of the molecule is CCCCCCCCCCCCCCCCCCCCCCCCCC(=O)OCc1ccccc1. The van der Waals surface area contributed by atoms with Crippen LogP contribution in [0.3, 0.4) is 0 Å². The van der Waals surface area contributed by atoms with E-state index in [9.17, 15) is 4.79 Å². The lowest BCUT2D eigenvalue weighted by Gasteiger charge is -2.05. The van der Waals surface area contributed by atoms with E-state index < -0.39 is 0 Å². The van der Waals surface area contributed by atoms with Crippen molar-refractivity contribution in [3.05, 3.63) is 35.9 Å². The molecule has 0 aromatic heterocycles. The van der Waals surface area contributed by atoms with Gasteiger partial charge in [-0.05, 0) is 12.0 Å². The van der Waals surface area contributed by atoms with Gasteiger partial charge in [0.25, 0.3) is 0 Å². The van der Waals surface area contributed by atoms with Crippen molar-refractivity contribution in [1.82, 2.24) is 0 Å². The number of rotatable bonds is 26. The maximum absolute atomic E-state index is 11.8. The van der Waals surface area contributed by atoms with E-state index in [1.54, 1.807) is 0 Å². The normalized spacial score (nSPS) is 11.1. The van der Waals surface area contributed by atoms with E-state index in [-0.39, 0.29) is 5.97 Å². The quantitative estimate of drug-likeness (QED) is 0.0961. The van der Waals surface area contributed by atoms with Crippen LogP contribution in [0.25, 0.3) is 0 Å². The van der Waals surface area contributed by atoms with Crippen LogP contribution in [-0.2, 0) is 16.1 Å². The molecule has 0 aliphatic heterocycles. The molecule has 1 aromatic rings. The van der Waals surface area contributed by atoms with Crippen LogP contribution in [0.4, 0.5) is 0 Å². The predicted octanol–water partition coefficient (Wildman–Crippen LogP) is 11.1. The summed E-state index contributed by atoms with van der Waals surface area (Å²) in [5.74, 6) is -0.0580. The van der Waals surface area contributed by atoms with Gasteiger partial charge in [0, 0.05) is 6.42 Å². The Morgan fingerprint density at radius 3 is 1.23 bits per heavy atom. The van der Waals surface area contributed by atoms with Gasteiger partial charge in [0.2, 0.25) is 0 Å². The zero-order valence-corrected chi connectivity index (χ0v) is 23.4. The molecule has 0 unspecified atom stereocenters. The zero-order valence-electron chi connectivity index (χ0n) is 23.4. The summed E-state index contributed by atoms with van der Waals surface area (Å²) in [4.78, 5) is 11.8. The molecular weight excluding hydrogens is 428 g/mol. The molecule has 0 amide bonds. The lowest BCUT2D eigenvalue weighted by molar-refractivity contribution is -0.145. The van der Waals surface area contributed by atoms with Crippen LogP contribution in [-0.4, -0.2) is 5.97 Å². The molecule has 0 fully saturated rings. The third-order valence-corrected chi connectivity index (χ3v) is 7.23. The molecule has 0 bridgehead atoms. The lowest BCUT2D eigenvalue weighted by atomic mass is 10.0. The smallest absolute Gasteiger partial charge is 0.306 e. The highest BCUT2D eigenvalue weighted by molar-refractivity contribution is 5.69. The van der Waals surface area contributed by atoms with Crippen molar-refractivity contribution in [2.45, 2.75) is 168 Å². The highest BCUT2D eigenvalue weighted by Gasteiger charge is 2.03. The Kier molecular flexibility index (Phi) is 23.4. The van der Waals surface area contributed by atoms with E-state index in [1.165, 1.54) is 135 Å². The average molecular weight is 487 g/mol. The first-order valence-corrected chi connectivity index (χ1v) is 15.5. The highest BCUT2D eigenvalue weighted by atomic mass is 16.5. The first kappa shape index (κ1) is 31.7. The monoisotopic (exact) mass is 486 g/mol. The van der Waals surface area contributed by atoms with Crippen LogP contribution in [0.2, 0.25) is 0 Å². The second-order valence-corrected chi connectivity index (χ2v) is 10.7. The van der Waals surface area contributed by atoms with E-state index >= 15 is 0 Å². The van der Waals surface area contributed by atoms with E-state index in [2.05, 4.69) is 6.92 Å². The minimum absolute atomic E-state index is 0.0580. The molecule has 0 saturated heterocycles. The molecule has 0 aliphatic carbocycles. The summed E-state index contributed by atoms with van der Waals surface area (Å²) in [6.45, 7) is 2.70. The minimum atomic E-state index is -0.0580. The summed E-state index contributed by atoms with van der Waals surface area (Å²) in [5, 5.41) is 0. The molecule has 0 spiro atoms. The van der Waals surface area contributed by atoms with Crippen molar-refractivity contribution in [2.24, 2.45) is 0 Å². The Labute approximate surface area is 219 Å². The van der Waals surface area contributed by atoms with Gasteiger partial charge in [-0.15, -0.1) is 0 Å². The number of hydrogen-bond acceptors (Lipinski definition) is 2. The number of hydrogen-bond donors (Lipinski definition) is 0. The molecule has 0 radical (unpaired) electrons. The molecule has 2 nitrogen and oxygen atoms in total. The largest absolute Gasteiger partial charge is 0.461 e. The van der Waals surface area contributed by atoms with Gasteiger partial charge in [0.1, 0.15) is 6.61 Å². The Morgan fingerprint density at radius 1 is 0.514 bits per heavy atom. The van der Waals surface area contributed by atoms with Gasteiger partial charge < -0.3 is 4.74 Å². The van der Waals surface area contributed by atoms with Gasteiger partial charge >= 0.3 is 5.97 Å². The molecule has 0 atom stereocenters. The van der Waals surface area contributed by atoms with Gasteiger partial charge in [-0.25, -0.2) is 0 Å². The fraction of sp³-hybridized carbons (Fsp3) is 0.788. The van der Waals surface area contributed by atoms with Crippen molar-refractivity contribution >= 4 is 5.97 Å². The average Bonchev–Trinajstić information content (AvgIpc) is 2.88. The van der Waals surface area contributed by atoms with Crippen LogP contribution in [0.1, 0.15) is 167 Å². The highest BCUT2D eigenvalue weighted by Crippen LogP contribution is 2.15. The molecule has 1 aromatic carbocycles. The molecule has 1 rings (SSSR count). The summed E-state index contributed by atoms with van der Waals surface area (Å²) < 4.78 is 5.34. The molecule has 0 aliphatic rings. The predicted molar refractivity (Wildman–Crippen MR) is 153 cm³/mol. The number of unbranched alkanes of at least 4 members (excludes halogenated alkanes) is 22. The Hall–Kier alpha value is -1.31. The van der Waals surface area contributed by atoms with E-state index in [0.29, 0.717) is 13.0 Å². The Morgan fingerprint density at radius 2 is 0.857 bits per heavy atom. The fourth-order valence-corrected chi connectivity index (χ4v) is 4.87. The van der Waals surface area contributed by atoms with Crippen molar-refractivity contribution in [1.29, 1.82) is 0 Å². The van der Waals surface area contributed by atoms with E-state index in [1.807, 2.05) is 30.3 Å². The second-order valence-electron chi connectivity index (χ2n) is 10.7. The summed E-state index contributed by atoms with van der Waals surface area (Å²) in [5.41, 5.74) is 1.06. The third kappa shape index (κ3) is 22.9. The van der Waals surface area contributed by atoms with E-state index in [4.69, 9.17) is 4.74 Å². The molecule has 202 valence electrons. The van der Waals surface area contributed by atoms with Crippen LogP contribution in [0.15, 0.2) is 30.3 Å². The van der Waals surface area contributed by atoms with E-state index in [0.717, 1.165) is 18.4 Å². The first-order valence-electron chi connectivity index (χ1n) is 15.5. The van der Waals surface area contributed by atoms with Gasteiger partial charge in [-0.3, -0.25) is 4.79 Å². The summed E-state index contributed by atoms with van der Waals surface area (Å²) >= 11 is 0. The number of carbonyl (C=O) groups excluding carboxylic acids is 1.